The molecule has 3 aliphatic carbocycles. The summed E-state index contributed by atoms with van der Waals surface area (Å²) in [6, 6.07) is -2.74. The van der Waals surface area contributed by atoms with Crippen LogP contribution in [0, 0.1) is 17.8 Å². The third kappa shape index (κ3) is 32.7. The van der Waals surface area contributed by atoms with E-state index in [1.165, 1.54) is 30.6 Å². The first-order chi connectivity index (χ1) is 46.4. The summed E-state index contributed by atoms with van der Waals surface area (Å²) in [5, 5.41) is 116. The molecule has 0 aliphatic heterocycles. The zero-order chi connectivity index (χ0) is 73.1. The maximum absolute atomic E-state index is 13.9. The van der Waals surface area contributed by atoms with Crippen LogP contribution in [-0.4, -0.2) is 296 Å². The molecule has 17 atom stereocenters. The predicted octanol–water partition coefficient (Wildman–Crippen LogP) is -3.33. The van der Waals surface area contributed by atoms with Crippen molar-refractivity contribution in [1.82, 2.24) is 36.4 Å². The van der Waals surface area contributed by atoms with E-state index in [-0.39, 0.29) is 173 Å². The lowest BCUT2D eigenvalue weighted by atomic mass is 9.79. The number of hydrogen-bond donors (Lipinski definition) is 16. The molecule has 564 valence electrons. The first-order valence-corrected chi connectivity index (χ1v) is 36.3. The van der Waals surface area contributed by atoms with Gasteiger partial charge in [0.2, 0.25) is 35.4 Å². The first kappa shape index (κ1) is 87.1. The van der Waals surface area contributed by atoms with E-state index in [2.05, 4.69) is 26.6 Å². The number of carbonyl (C=O) groups is 10. The summed E-state index contributed by atoms with van der Waals surface area (Å²) in [7, 11) is -4.12. The quantitative estimate of drug-likeness (QED) is 0.0209. The van der Waals surface area contributed by atoms with Crippen molar-refractivity contribution in [3.63, 3.8) is 0 Å². The summed E-state index contributed by atoms with van der Waals surface area (Å²) in [5.74, 6) is -6.14. The van der Waals surface area contributed by atoms with Crippen LogP contribution in [0.25, 0.3) is 0 Å². The van der Waals surface area contributed by atoms with Crippen molar-refractivity contribution < 1.29 is 127 Å². The van der Waals surface area contributed by atoms with Gasteiger partial charge in [0.25, 0.3) is 5.91 Å². The highest BCUT2D eigenvalue weighted by molar-refractivity contribution is 7.51. The average molecular weight is 1430 g/mol. The fourth-order valence-corrected chi connectivity index (χ4v) is 12.7. The van der Waals surface area contributed by atoms with E-state index in [1.54, 1.807) is 0 Å². The largest absolute Gasteiger partial charge is 0.396 e. The molecule has 33 nitrogen and oxygen atoms in total. The van der Waals surface area contributed by atoms with Crippen molar-refractivity contribution in [2.45, 2.75) is 235 Å². The maximum Gasteiger partial charge on any atom is 0.325 e. The molecule has 98 heavy (non-hydrogen) atoms. The number of rotatable bonds is 49. The van der Waals surface area contributed by atoms with Crippen LogP contribution in [0.2, 0.25) is 0 Å². The van der Waals surface area contributed by atoms with Crippen molar-refractivity contribution in [3.05, 3.63) is 0 Å². The fourth-order valence-electron chi connectivity index (χ4n) is 12.3. The number of aliphatic hydroxyl groups excluding tert-OH is 10. The summed E-state index contributed by atoms with van der Waals surface area (Å²) in [6.45, 7) is 3.13. The number of ketones is 3. The average Bonchev–Trinajstić information content (AvgIpc) is 0.823. The standard InChI is InChI=1S/C64H112N7O26P/c1-39(75)67-55-49(32-42(35-72)58(85)61(55)88)94-29-8-5-14-45(78)17-20-52(82)65-23-11-25-70(54(84)22-19-47(80)16-7-10-31-96-51-34-44(37-74)60(87)63(90)57(51)69-41(3)77)27-13-28-71(64(91)48(81)38-97-98(4,92)93)26-12-24-66-53(83)21-18-46(79)15-6-9-30-95-50-33-43(36-73)59(86)62(89)56(50)68-40(2)76/h42-44,48-51,55-63,72-74,81,85-90H,5-38H2,1-4H3,(H,65,82)(H,66,83)(H,67,75)(H,68,76)(H,69,77)(H,92,93)/t42?,43?,44?,48?,49-,50-,51-,55-,56-,57-,58+,59+,60+,61?,62?,63?/m1/s1. The third-order valence-corrected chi connectivity index (χ3v) is 18.4. The molecule has 16 N–H and O–H groups in total. The Kier molecular flexibility index (Phi) is 41.3. The molecule has 0 spiro atoms. The van der Waals surface area contributed by atoms with Crippen molar-refractivity contribution in [3.8, 4) is 0 Å². The van der Waals surface area contributed by atoms with Crippen LogP contribution in [0.1, 0.15) is 156 Å². The normalized spacial score (nSPS) is 26.4. The zero-order valence-corrected chi connectivity index (χ0v) is 58.1. The fraction of sp³-hybridized carbons (Fsp3) is 0.844. The van der Waals surface area contributed by atoms with Gasteiger partial charge < -0.3 is 111 Å². The van der Waals surface area contributed by atoms with E-state index < -0.39 is 172 Å². The molecule has 0 aromatic heterocycles. The Morgan fingerprint density at radius 3 is 1.11 bits per heavy atom. The predicted molar refractivity (Wildman–Crippen MR) is 349 cm³/mol. The van der Waals surface area contributed by atoms with Crippen molar-refractivity contribution in [1.29, 1.82) is 0 Å². The van der Waals surface area contributed by atoms with Crippen molar-refractivity contribution in [2.75, 3.05) is 92.2 Å². The number of nitrogens with zero attached hydrogens (tertiary/aromatic N) is 2. The SMILES string of the molecule is CC(=O)N[C@H]1C(O)[C@@H](O)C(CO)C[C@H]1OCCCCC(=O)CCC(=O)NCCCN(CCCN(CCCNC(=O)CCC(=O)CCCCO[C@@H]1CC(CO)[C@H](O)C(O)[C@@H]1NC(C)=O)C(=O)C(O)COP(C)(=O)O)C(=O)CCC(=O)CCCCO[C@@H]1CC(CO)[C@H](O)C(O)[C@@H]1NC(C)=O. The molecule has 3 saturated carbocycles. The van der Waals surface area contributed by atoms with Gasteiger partial charge in [-0.05, 0) is 77.0 Å². The van der Waals surface area contributed by atoms with Crippen LogP contribution in [0.5, 0.6) is 0 Å². The Balaban J connectivity index is 1.56. The minimum Gasteiger partial charge on any atom is -0.396 e. The van der Waals surface area contributed by atoms with Crippen LogP contribution in [0.4, 0.5) is 0 Å². The topological polar surface area (TPSA) is 514 Å². The van der Waals surface area contributed by atoms with Gasteiger partial charge in [-0.3, -0.25) is 52.5 Å². The molecule has 0 saturated heterocycles. The zero-order valence-electron chi connectivity index (χ0n) is 57.2. The molecule has 8 unspecified atom stereocenters. The van der Waals surface area contributed by atoms with Gasteiger partial charge in [-0.25, -0.2) is 0 Å². The maximum atomic E-state index is 13.9. The van der Waals surface area contributed by atoms with E-state index in [4.69, 9.17) is 18.7 Å². The Morgan fingerprint density at radius 1 is 0.449 bits per heavy atom. The second-order valence-corrected chi connectivity index (χ2v) is 27.8. The Labute approximate surface area is 572 Å². The number of Topliss-reactive ketones (excluding diaryl/α,β-unsaturated/α-hetero) is 3. The van der Waals surface area contributed by atoms with Gasteiger partial charge in [0.05, 0.1) is 61.4 Å². The number of aliphatic hydroxyl groups is 10. The smallest absolute Gasteiger partial charge is 0.325 e. The monoisotopic (exact) mass is 1430 g/mol. The summed E-state index contributed by atoms with van der Waals surface area (Å²) in [4.78, 5) is 140. The molecule has 0 aromatic carbocycles. The molecule has 3 fully saturated rings. The van der Waals surface area contributed by atoms with Gasteiger partial charge in [0.15, 0.2) is 6.10 Å². The molecular weight excluding hydrogens is 1310 g/mol. The summed E-state index contributed by atoms with van der Waals surface area (Å²) in [5.41, 5.74) is 0. The van der Waals surface area contributed by atoms with E-state index in [1.807, 2.05) is 0 Å². The molecule has 0 heterocycles. The number of ether oxygens (including phenoxy) is 3. The van der Waals surface area contributed by atoms with Crippen LogP contribution in [0.15, 0.2) is 0 Å². The molecule has 3 rings (SSSR count). The van der Waals surface area contributed by atoms with Gasteiger partial charge >= 0.3 is 7.60 Å². The number of carbonyl (C=O) groups excluding carboxylic acids is 10. The number of amides is 7. The number of hydrogen-bond acceptors (Lipinski definition) is 25. The molecule has 3 aliphatic rings. The molecule has 7 amide bonds. The van der Waals surface area contributed by atoms with Crippen LogP contribution >= 0.6 is 7.60 Å². The lowest BCUT2D eigenvalue weighted by Gasteiger charge is -2.42. The van der Waals surface area contributed by atoms with Gasteiger partial charge in [-0.15, -0.1) is 0 Å². The van der Waals surface area contributed by atoms with Crippen molar-refractivity contribution in [2.24, 2.45) is 17.8 Å². The van der Waals surface area contributed by atoms with Crippen LogP contribution in [-0.2, 0) is 71.2 Å². The Hall–Kier alpha value is -5.07. The van der Waals surface area contributed by atoms with Gasteiger partial charge in [0.1, 0.15) is 35.7 Å². The summed E-state index contributed by atoms with van der Waals surface area (Å²) in [6.07, 6.45) is -8.89. The Morgan fingerprint density at radius 2 is 0.776 bits per heavy atom. The highest BCUT2D eigenvalue weighted by Gasteiger charge is 2.47. The van der Waals surface area contributed by atoms with Crippen LogP contribution in [0.3, 0.4) is 0 Å². The van der Waals surface area contributed by atoms with E-state index in [0.717, 1.165) is 6.66 Å². The molecule has 0 aromatic rings. The van der Waals surface area contributed by atoms with E-state index >= 15 is 0 Å². The van der Waals surface area contributed by atoms with Gasteiger partial charge in [-0.1, -0.05) is 0 Å². The van der Waals surface area contributed by atoms with E-state index in [0.29, 0.717) is 38.5 Å². The number of nitrogens with one attached hydrogen (secondary N) is 5. The Bertz CT molecular complexity index is 2540. The first-order valence-electron chi connectivity index (χ1n) is 34.3. The molecule has 0 radical (unpaired) electrons. The third-order valence-electron chi connectivity index (χ3n) is 17.8. The highest BCUT2D eigenvalue weighted by atomic mass is 31.2. The van der Waals surface area contributed by atoms with Gasteiger partial charge in [-0.2, -0.15) is 0 Å². The molecular formula is C64H112N7O26P. The summed E-state index contributed by atoms with van der Waals surface area (Å²) >= 11 is 0. The molecule has 34 heteroatoms. The lowest BCUT2D eigenvalue weighted by Crippen LogP contribution is -2.61. The summed E-state index contributed by atoms with van der Waals surface area (Å²) < 4.78 is 34.5. The van der Waals surface area contributed by atoms with Crippen molar-refractivity contribution >= 4 is 66.3 Å². The lowest BCUT2D eigenvalue weighted by molar-refractivity contribution is -0.142. The minimum absolute atomic E-state index is 0.0148. The van der Waals surface area contributed by atoms with Crippen LogP contribution < -0.4 is 26.6 Å². The minimum atomic E-state index is -4.12. The van der Waals surface area contributed by atoms with Gasteiger partial charge in [0, 0.05) is 182 Å². The van der Waals surface area contributed by atoms with E-state index in [9.17, 15) is 108 Å². The second kappa shape index (κ2) is 46.4. The molecule has 0 bridgehead atoms. The second-order valence-electron chi connectivity index (χ2n) is 26.0. The highest BCUT2D eigenvalue weighted by Crippen LogP contribution is 2.37. The number of unbranched alkanes of at least 4 members (excludes halogenated alkanes) is 3.